The zero-order chi connectivity index (χ0) is 37.2. The molecular weight excluding hydrogens is 769 g/mol. The predicted molar refractivity (Wildman–Crippen MR) is 252 cm³/mol. The first-order valence-corrected chi connectivity index (χ1v) is 26.3. The first-order valence-electron chi connectivity index (χ1n) is 21.3. The van der Waals surface area contributed by atoms with Gasteiger partial charge in [-0.05, 0) is 96.1 Å². The zero-order valence-electron chi connectivity index (χ0n) is 32.9. The van der Waals surface area contributed by atoms with Crippen molar-refractivity contribution in [2.75, 3.05) is 0 Å². The fraction of sp³-hybridized carbons (Fsp3) is 0.500. The van der Waals surface area contributed by atoms with Crippen molar-refractivity contribution < 1.29 is 0 Å². The molecule has 0 saturated heterocycles. The Labute approximate surface area is 351 Å². The van der Waals surface area contributed by atoms with Crippen LogP contribution in [0.3, 0.4) is 0 Å². The van der Waals surface area contributed by atoms with Gasteiger partial charge in [0.25, 0.3) is 0 Å². The third-order valence-corrected chi connectivity index (χ3v) is 17.9. The van der Waals surface area contributed by atoms with Gasteiger partial charge in [0, 0.05) is 48.8 Å². The number of hydrogen-bond donors (Lipinski definition) is 0. The predicted octanol–water partition coefficient (Wildman–Crippen LogP) is 19.3. The fourth-order valence-corrected chi connectivity index (χ4v) is 14.0. The topological polar surface area (TPSA) is 0 Å². The lowest BCUT2D eigenvalue weighted by Gasteiger charge is -2.03. The van der Waals surface area contributed by atoms with E-state index in [0.717, 1.165) is 0 Å². The zero-order valence-corrected chi connectivity index (χ0v) is 37.8. The second-order valence-corrected chi connectivity index (χ2v) is 21.2. The Morgan fingerprint density at radius 3 is 1.00 bits per heavy atom. The molecule has 6 rings (SSSR count). The maximum atomic E-state index is 2.52. The van der Waals surface area contributed by atoms with Crippen LogP contribution >= 0.6 is 68.0 Å². The highest BCUT2D eigenvalue weighted by atomic mass is 32.1. The summed E-state index contributed by atoms with van der Waals surface area (Å²) in [4.78, 5) is 14.3. The molecule has 6 aromatic rings. The average Bonchev–Trinajstić information content (AvgIpc) is 4.02. The van der Waals surface area contributed by atoms with E-state index < -0.39 is 0 Å². The molecule has 0 amide bonds. The molecular formula is C48H62S6. The molecule has 6 heterocycles. The van der Waals surface area contributed by atoms with Gasteiger partial charge in [-0.25, -0.2) is 0 Å². The van der Waals surface area contributed by atoms with Gasteiger partial charge in [0.15, 0.2) is 0 Å². The molecule has 290 valence electrons. The monoisotopic (exact) mass is 830 g/mol. The minimum absolute atomic E-state index is 1.20. The highest BCUT2D eigenvalue weighted by Gasteiger charge is 2.18. The van der Waals surface area contributed by atoms with Gasteiger partial charge in [-0.3, -0.25) is 0 Å². The largest absolute Gasteiger partial charge is 0.143 e. The van der Waals surface area contributed by atoms with Gasteiger partial charge < -0.3 is 0 Å². The molecule has 0 unspecified atom stereocenters. The Morgan fingerprint density at radius 1 is 0.333 bits per heavy atom. The first-order chi connectivity index (χ1) is 26.7. The lowest BCUT2D eigenvalue weighted by molar-refractivity contribution is 0.556. The van der Waals surface area contributed by atoms with Crippen LogP contribution < -0.4 is 0 Å². The molecule has 0 aliphatic heterocycles. The van der Waals surface area contributed by atoms with Gasteiger partial charge in [0.1, 0.15) is 0 Å². The molecule has 0 saturated carbocycles. The van der Waals surface area contributed by atoms with Gasteiger partial charge >= 0.3 is 0 Å². The fourth-order valence-electron chi connectivity index (χ4n) is 7.52. The van der Waals surface area contributed by atoms with E-state index in [1.165, 1.54) is 190 Å². The summed E-state index contributed by atoms with van der Waals surface area (Å²) >= 11 is 11.7. The minimum atomic E-state index is 1.20. The molecule has 0 atom stereocenters. The van der Waals surface area contributed by atoms with Gasteiger partial charge in [0.05, 0.1) is 0 Å². The van der Waals surface area contributed by atoms with Crippen molar-refractivity contribution >= 4 is 68.0 Å². The van der Waals surface area contributed by atoms with Crippen LogP contribution in [0.25, 0.3) is 48.8 Å². The number of unbranched alkanes of at least 4 members (excludes halogenated alkanes) is 18. The van der Waals surface area contributed by atoms with Crippen LogP contribution in [0.1, 0.15) is 153 Å². The van der Waals surface area contributed by atoms with E-state index in [4.69, 9.17) is 0 Å². The summed E-state index contributed by atoms with van der Waals surface area (Å²) in [5.74, 6) is 0. The van der Waals surface area contributed by atoms with E-state index in [2.05, 4.69) is 85.3 Å². The quantitative estimate of drug-likeness (QED) is 0.0454. The van der Waals surface area contributed by atoms with E-state index in [0.29, 0.717) is 0 Å². The van der Waals surface area contributed by atoms with Crippen molar-refractivity contribution in [2.45, 2.75) is 155 Å². The molecule has 6 heteroatoms. The Morgan fingerprint density at radius 2 is 0.667 bits per heavy atom. The van der Waals surface area contributed by atoms with Crippen molar-refractivity contribution in [3.05, 3.63) is 82.6 Å². The van der Waals surface area contributed by atoms with E-state index in [-0.39, 0.29) is 0 Å². The number of thiophene rings is 6. The van der Waals surface area contributed by atoms with Gasteiger partial charge in [0.2, 0.25) is 0 Å². The SMILES string of the molecule is CCCCCCCCCCCCc1cc(-c2ccc(-c3ccc(-c4cc(CCCCCCCCCCCC)c(-c5cccs5)s4)s3)s2)sc1-c1cccs1. The lowest BCUT2D eigenvalue weighted by Crippen LogP contribution is -1.86. The molecule has 0 radical (unpaired) electrons. The van der Waals surface area contributed by atoms with Crippen LogP contribution in [-0.4, -0.2) is 0 Å². The second kappa shape index (κ2) is 23.4. The van der Waals surface area contributed by atoms with Crippen LogP contribution in [0.2, 0.25) is 0 Å². The maximum Gasteiger partial charge on any atom is 0.0481 e. The number of rotatable bonds is 27. The molecule has 0 spiro atoms. The Kier molecular flexibility index (Phi) is 18.2. The third-order valence-electron chi connectivity index (χ3n) is 10.6. The highest BCUT2D eigenvalue weighted by molar-refractivity contribution is 7.30. The molecule has 0 aliphatic rings. The van der Waals surface area contributed by atoms with E-state index in [9.17, 15) is 0 Å². The summed E-state index contributed by atoms with van der Waals surface area (Å²) in [6, 6.07) is 23.6. The molecule has 0 aromatic carbocycles. The van der Waals surface area contributed by atoms with Gasteiger partial charge in [-0.1, -0.05) is 142 Å². The summed E-state index contributed by atoms with van der Waals surface area (Å²) in [5.41, 5.74) is 3.11. The van der Waals surface area contributed by atoms with Crippen molar-refractivity contribution in [1.82, 2.24) is 0 Å². The van der Waals surface area contributed by atoms with Gasteiger partial charge in [-0.15, -0.1) is 68.0 Å². The van der Waals surface area contributed by atoms with Crippen LogP contribution in [0.15, 0.2) is 71.4 Å². The van der Waals surface area contributed by atoms with Crippen molar-refractivity contribution in [3.8, 4) is 48.8 Å². The van der Waals surface area contributed by atoms with Crippen LogP contribution in [-0.2, 0) is 12.8 Å². The van der Waals surface area contributed by atoms with E-state index in [1.807, 2.05) is 68.0 Å². The smallest absolute Gasteiger partial charge is 0.0481 e. The summed E-state index contributed by atoms with van der Waals surface area (Å²) in [6.07, 6.45) is 30.2. The van der Waals surface area contributed by atoms with Crippen molar-refractivity contribution in [3.63, 3.8) is 0 Å². The normalized spacial score (nSPS) is 11.7. The second-order valence-electron chi connectivity index (χ2n) is 15.1. The van der Waals surface area contributed by atoms with E-state index >= 15 is 0 Å². The average molecular weight is 831 g/mol. The van der Waals surface area contributed by atoms with Crippen molar-refractivity contribution in [1.29, 1.82) is 0 Å². The third kappa shape index (κ3) is 12.6. The molecule has 0 aliphatic carbocycles. The summed E-state index contributed by atoms with van der Waals surface area (Å²) < 4.78 is 0. The molecule has 0 N–H and O–H groups in total. The Hall–Kier alpha value is -1.80. The molecule has 0 bridgehead atoms. The first kappa shape index (κ1) is 41.8. The molecule has 0 nitrogen and oxygen atoms in total. The highest BCUT2D eigenvalue weighted by Crippen LogP contribution is 2.47. The van der Waals surface area contributed by atoms with Crippen LogP contribution in [0.4, 0.5) is 0 Å². The molecule has 0 fully saturated rings. The van der Waals surface area contributed by atoms with Crippen LogP contribution in [0.5, 0.6) is 0 Å². The Bertz CT molecular complexity index is 1720. The number of hydrogen-bond acceptors (Lipinski definition) is 6. The van der Waals surface area contributed by atoms with Crippen LogP contribution in [0, 0.1) is 0 Å². The number of aryl methyl sites for hydroxylation is 2. The Balaban J connectivity index is 1.06. The maximum absolute atomic E-state index is 2.52. The van der Waals surface area contributed by atoms with E-state index in [1.54, 1.807) is 11.1 Å². The summed E-state index contributed by atoms with van der Waals surface area (Å²) in [5, 5.41) is 4.46. The molecule has 54 heavy (non-hydrogen) atoms. The summed E-state index contributed by atoms with van der Waals surface area (Å²) in [7, 11) is 0. The minimum Gasteiger partial charge on any atom is -0.143 e. The standard InChI is InChI=1S/C48H62S6/c1-3-5-7-9-11-13-15-17-19-21-25-37-35-45(53-47(37)43-27-23-33-49-43)41-31-29-39(51-41)40-30-32-42(52-40)46-36-38(48(54-46)44-28-24-34-50-44)26-22-20-18-16-14-12-10-8-6-4-2/h23-24,27-36H,3-22,25-26H2,1-2H3. The lowest BCUT2D eigenvalue weighted by atomic mass is 10.0. The van der Waals surface area contributed by atoms with Gasteiger partial charge in [-0.2, -0.15) is 0 Å². The summed E-state index contributed by atoms with van der Waals surface area (Å²) in [6.45, 7) is 4.61. The van der Waals surface area contributed by atoms with Crippen molar-refractivity contribution in [2.24, 2.45) is 0 Å². The molecule has 6 aromatic heterocycles.